The van der Waals surface area contributed by atoms with E-state index in [2.05, 4.69) is 37.0 Å². The second-order valence-electron chi connectivity index (χ2n) is 8.54. The molecule has 2 aromatic heterocycles. The average molecular weight is 451 g/mol. The molecule has 0 aromatic carbocycles. The number of hydrogen-bond acceptors (Lipinski definition) is 11. The van der Waals surface area contributed by atoms with Crippen LogP contribution < -0.4 is 21.7 Å². The van der Waals surface area contributed by atoms with Crippen molar-refractivity contribution in [2.45, 2.75) is 5.79 Å². The minimum absolute atomic E-state index is 0.222. The molecule has 0 spiro atoms. The minimum Gasteiger partial charge on any atom is -0.378 e. The minimum atomic E-state index is -1.19. The van der Waals surface area contributed by atoms with E-state index >= 15 is 0 Å². The number of piperazine rings is 1. The molecule has 0 bridgehead atoms. The highest BCUT2D eigenvalue weighted by Crippen LogP contribution is 2.28. The summed E-state index contributed by atoms with van der Waals surface area (Å²) in [6, 6.07) is 4.02. The Morgan fingerprint density at radius 3 is 2.33 bits per heavy atom. The number of nitrogens with two attached hydrogens (primary N) is 2. The van der Waals surface area contributed by atoms with Crippen LogP contribution in [-0.4, -0.2) is 90.1 Å². The van der Waals surface area contributed by atoms with Crippen LogP contribution in [0.2, 0.25) is 0 Å². The van der Waals surface area contributed by atoms with Gasteiger partial charge < -0.3 is 30.5 Å². The molecule has 2 saturated heterocycles. The van der Waals surface area contributed by atoms with Crippen molar-refractivity contribution >= 4 is 23.3 Å². The number of hydrogen-bond donors (Lipinski definition) is 3. The van der Waals surface area contributed by atoms with Gasteiger partial charge >= 0.3 is 0 Å². The Kier molecular flexibility index (Phi) is 5.83. The third-order valence-electron chi connectivity index (χ3n) is 6.22. The van der Waals surface area contributed by atoms with Crippen molar-refractivity contribution in [3.8, 4) is 0 Å². The number of rotatable bonds is 3. The number of nitrogens with one attached hydrogen (secondary N) is 1. The SMILES string of the molecule is CN1CCN(c2ccc(C3(N)N=C(N4CCOCC4)C=C(c4cnc(N)nc4)N3)cn2)CC1. The number of anilines is 2. The first kappa shape index (κ1) is 21.6. The van der Waals surface area contributed by atoms with E-state index < -0.39 is 5.79 Å². The summed E-state index contributed by atoms with van der Waals surface area (Å²) < 4.78 is 5.51. The highest BCUT2D eigenvalue weighted by atomic mass is 16.5. The smallest absolute Gasteiger partial charge is 0.219 e. The van der Waals surface area contributed by atoms with Crippen LogP contribution in [0.1, 0.15) is 11.1 Å². The van der Waals surface area contributed by atoms with E-state index in [0.717, 1.165) is 67.7 Å². The third-order valence-corrected chi connectivity index (χ3v) is 6.22. The molecule has 11 nitrogen and oxygen atoms in total. The van der Waals surface area contributed by atoms with Crippen LogP contribution in [0.15, 0.2) is 41.8 Å². The molecule has 2 fully saturated rings. The monoisotopic (exact) mass is 450 g/mol. The number of aromatic nitrogens is 3. The largest absolute Gasteiger partial charge is 0.378 e. The quantitative estimate of drug-likeness (QED) is 0.570. The summed E-state index contributed by atoms with van der Waals surface area (Å²) in [6.45, 7) is 6.76. The second kappa shape index (κ2) is 8.93. The molecular weight excluding hydrogens is 420 g/mol. The van der Waals surface area contributed by atoms with Crippen molar-refractivity contribution in [1.82, 2.24) is 30.1 Å². The number of nitrogen functional groups attached to an aromatic ring is 1. The van der Waals surface area contributed by atoms with Gasteiger partial charge in [-0.25, -0.2) is 19.9 Å². The van der Waals surface area contributed by atoms with Crippen LogP contribution in [0, 0.1) is 0 Å². The molecule has 2 aromatic rings. The number of amidine groups is 1. The fraction of sp³-hybridized carbons (Fsp3) is 0.455. The summed E-state index contributed by atoms with van der Waals surface area (Å²) in [6.07, 6.45) is 7.14. The van der Waals surface area contributed by atoms with E-state index in [-0.39, 0.29) is 5.95 Å². The molecule has 1 unspecified atom stereocenters. The standard InChI is InChI=1S/C22H30N10O/c1-30-4-6-31(7-5-30)19-3-2-17(15-25-19)22(24)28-18(16-13-26-21(23)27-14-16)12-20(29-22)32-8-10-33-11-9-32/h2-3,12-15,28H,4-11,24H2,1H3,(H2,23,26,27). The molecule has 33 heavy (non-hydrogen) atoms. The van der Waals surface area contributed by atoms with E-state index in [4.69, 9.17) is 26.2 Å². The van der Waals surface area contributed by atoms with Crippen LogP contribution in [0.4, 0.5) is 11.8 Å². The maximum atomic E-state index is 6.86. The van der Waals surface area contributed by atoms with Crippen molar-refractivity contribution in [1.29, 1.82) is 0 Å². The molecule has 5 heterocycles. The van der Waals surface area contributed by atoms with Crippen LogP contribution >= 0.6 is 0 Å². The molecule has 174 valence electrons. The fourth-order valence-electron chi connectivity index (χ4n) is 4.17. The van der Waals surface area contributed by atoms with Gasteiger partial charge in [0.05, 0.1) is 18.9 Å². The fourth-order valence-corrected chi connectivity index (χ4v) is 4.17. The van der Waals surface area contributed by atoms with Crippen LogP contribution in [0.3, 0.4) is 0 Å². The molecule has 11 heteroatoms. The first-order chi connectivity index (χ1) is 16.0. The summed E-state index contributed by atoms with van der Waals surface area (Å²) in [5.74, 6) is 0.771. The highest BCUT2D eigenvalue weighted by Gasteiger charge is 2.34. The Balaban J connectivity index is 1.45. The van der Waals surface area contributed by atoms with Gasteiger partial charge in [-0.1, -0.05) is 0 Å². The maximum absolute atomic E-state index is 6.86. The number of aliphatic imine (C=N–C) groups is 1. The molecular formula is C22H30N10O. The van der Waals surface area contributed by atoms with Gasteiger partial charge in [0.25, 0.3) is 0 Å². The molecule has 0 saturated carbocycles. The van der Waals surface area contributed by atoms with Crippen molar-refractivity contribution in [3.63, 3.8) is 0 Å². The summed E-state index contributed by atoms with van der Waals surface area (Å²) in [4.78, 5) is 24.7. The highest BCUT2D eigenvalue weighted by molar-refractivity contribution is 6.00. The van der Waals surface area contributed by atoms with Crippen LogP contribution in [0.25, 0.3) is 5.70 Å². The summed E-state index contributed by atoms with van der Waals surface area (Å²) in [5, 5.41) is 3.37. The molecule has 5 rings (SSSR count). The zero-order chi connectivity index (χ0) is 22.8. The number of likely N-dealkylation sites (N-methyl/N-ethyl adjacent to an activating group) is 1. The lowest BCUT2D eigenvalue weighted by molar-refractivity contribution is 0.0678. The maximum Gasteiger partial charge on any atom is 0.219 e. The van der Waals surface area contributed by atoms with E-state index in [0.29, 0.717) is 13.2 Å². The van der Waals surface area contributed by atoms with Crippen molar-refractivity contribution in [2.24, 2.45) is 10.7 Å². The Labute approximate surface area is 193 Å². The van der Waals surface area contributed by atoms with E-state index in [1.807, 2.05) is 24.4 Å². The number of pyridine rings is 1. The van der Waals surface area contributed by atoms with Gasteiger partial charge in [-0.05, 0) is 19.2 Å². The van der Waals surface area contributed by atoms with Crippen LogP contribution in [0.5, 0.6) is 0 Å². The number of nitrogens with zero attached hydrogens (tertiary/aromatic N) is 7. The van der Waals surface area contributed by atoms with Gasteiger partial charge in [0, 0.05) is 75.1 Å². The second-order valence-corrected chi connectivity index (χ2v) is 8.54. The summed E-state index contributed by atoms with van der Waals surface area (Å²) >= 11 is 0. The van der Waals surface area contributed by atoms with Gasteiger partial charge in [-0.3, -0.25) is 5.73 Å². The molecule has 0 radical (unpaired) electrons. The molecule has 0 amide bonds. The van der Waals surface area contributed by atoms with E-state index in [9.17, 15) is 0 Å². The Morgan fingerprint density at radius 1 is 0.939 bits per heavy atom. The van der Waals surface area contributed by atoms with E-state index in [1.54, 1.807) is 12.4 Å². The average Bonchev–Trinajstić information content (AvgIpc) is 2.85. The lowest BCUT2D eigenvalue weighted by Crippen LogP contribution is -2.53. The van der Waals surface area contributed by atoms with Gasteiger partial charge in [0.1, 0.15) is 11.7 Å². The lowest BCUT2D eigenvalue weighted by atomic mass is 10.1. The third kappa shape index (κ3) is 4.61. The summed E-state index contributed by atoms with van der Waals surface area (Å²) in [5.41, 5.74) is 14.9. The van der Waals surface area contributed by atoms with Gasteiger partial charge in [0.15, 0.2) is 0 Å². The van der Waals surface area contributed by atoms with Gasteiger partial charge in [0.2, 0.25) is 11.7 Å². The molecule has 0 aliphatic carbocycles. The van der Waals surface area contributed by atoms with Gasteiger partial charge in [-0.2, -0.15) is 0 Å². The van der Waals surface area contributed by atoms with Crippen molar-refractivity contribution in [2.75, 3.05) is 70.2 Å². The van der Waals surface area contributed by atoms with Crippen molar-refractivity contribution in [3.05, 3.63) is 47.9 Å². The van der Waals surface area contributed by atoms with E-state index in [1.165, 1.54) is 0 Å². The van der Waals surface area contributed by atoms with Crippen molar-refractivity contribution < 1.29 is 4.74 Å². The first-order valence-corrected chi connectivity index (χ1v) is 11.2. The Hall–Kier alpha value is -3.28. The zero-order valence-electron chi connectivity index (χ0n) is 18.8. The summed E-state index contributed by atoms with van der Waals surface area (Å²) in [7, 11) is 2.14. The first-order valence-electron chi connectivity index (χ1n) is 11.2. The molecule has 1 atom stereocenters. The Morgan fingerprint density at radius 2 is 1.67 bits per heavy atom. The predicted molar refractivity (Wildman–Crippen MR) is 127 cm³/mol. The number of morpholine rings is 1. The molecule has 3 aliphatic rings. The predicted octanol–water partition coefficient (Wildman–Crippen LogP) is -0.350. The number of ether oxygens (including phenoxy) is 1. The lowest BCUT2D eigenvalue weighted by Gasteiger charge is -2.37. The molecule has 3 aliphatic heterocycles. The zero-order valence-corrected chi connectivity index (χ0v) is 18.8. The topological polar surface area (TPSA) is 134 Å². The molecule has 5 N–H and O–H groups in total. The normalized spacial score (nSPS) is 24.2. The van der Waals surface area contributed by atoms with Crippen LogP contribution in [-0.2, 0) is 10.5 Å². The Bertz CT molecular complexity index is 1020. The van der Waals surface area contributed by atoms with Gasteiger partial charge in [-0.15, -0.1) is 0 Å².